The number of hydrogen-bond donors (Lipinski definition) is 3. The molecule has 3 aromatic carbocycles. The largest absolute Gasteiger partial charge is 0.543 e. The molecule has 0 spiro atoms. The van der Waals surface area contributed by atoms with Crippen LogP contribution in [0.5, 0.6) is 0 Å². The molecule has 0 amide bonds. The minimum Gasteiger partial charge on any atom is -0.222 e. The van der Waals surface area contributed by atoms with Crippen LogP contribution in [0, 0.1) is 0 Å². The van der Waals surface area contributed by atoms with Gasteiger partial charge in [-0.05, 0) is 36.4 Å². The van der Waals surface area contributed by atoms with E-state index in [-0.39, 0.29) is 62.3 Å². The molecule has 0 aliphatic heterocycles. The number of halogens is 9. The van der Waals surface area contributed by atoms with Crippen molar-refractivity contribution in [2.24, 2.45) is 17.5 Å². The van der Waals surface area contributed by atoms with E-state index >= 15 is 0 Å². The quantitative estimate of drug-likeness (QED) is 0.0850. The van der Waals surface area contributed by atoms with Crippen LogP contribution in [0.4, 0.5) is 17.1 Å². The van der Waals surface area contributed by atoms with Crippen LogP contribution in [-0.4, -0.2) is 0 Å². The SMILES string of the molecule is NN(OP(=O)(ON(N)c1cc(Cl)c(Cl)cc1Cl)ON(N)c1cc(Cl)c(Cl)cc1Cl)c1cc(Cl)c(Cl)cc1Cl. The molecule has 0 bridgehead atoms. The van der Waals surface area contributed by atoms with Gasteiger partial charge >= 0.3 is 7.82 Å². The number of nitrogens with two attached hydrogens (primary N) is 3. The Morgan fingerprint density at radius 3 is 0.895 bits per heavy atom. The average Bonchev–Trinajstić information content (AvgIpc) is 2.80. The van der Waals surface area contributed by atoms with Crippen molar-refractivity contribution in [3.63, 3.8) is 0 Å². The zero-order chi connectivity index (χ0) is 28.5. The molecule has 20 heteroatoms. The maximum atomic E-state index is 13.8. The van der Waals surface area contributed by atoms with E-state index < -0.39 is 7.82 Å². The average molecular weight is 726 g/mol. The number of hydrazine groups is 3. The van der Waals surface area contributed by atoms with E-state index in [1.54, 1.807) is 0 Å². The van der Waals surface area contributed by atoms with Crippen LogP contribution < -0.4 is 33.0 Å². The predicted octanol–water partition coefficient (Wildman–Crippen LogP) is 8.91. The first kappa shape index (κ1) is 32.2. The Hall–Kier alpha value is -0.340. The highest BCUT2D eigenvalue weighted by Gasteiger charge is 2.38. The second kappa shape index (κ2) is 13.1. The molecule has 38 heavy (non-hydrogen) atoms. The summed E-state index contributed by atoms with van der Waals surface area (Å²) in [6.45, 7) is 0. The zero-order valence-corrected chi connectivity index (χ0v) is 25.7. The first-order valence-corrected chi connectivity index (χ1v) is 14.3. The molecule has 3 rings (SSSR count). The number of nitrogens with zero attached hydrogens (tertiary/aromatic N) is 3. The third kappa shape index (κ3) is 7.69. The van der Waals surface area contributed by atoms with Gasteiger partial charge in [-0.3, -0.25) is 0 Å². The molecule has 6 N–H and O–H groups in total. The van der Waals surface area contributed by atoms with Gasteiger partial charge in [0.2, 0.25) is 0 Å². The van der Waals surface area contributed by atoms with Gasteiger partial charge in [0.15, 0.2) is 0 Å². The molecule has 0 unspecified atom stereocenters. The maximum absolute atomic E-state index is 13.8. The van der Waals surface area contributed by atoms with Crippen molar-refractivity contribution in [3.05, 3.63) is 81.6 Å². The van der Waals surface area contributed by atoms with Crippen molar-refractivity contribution in [3.8, 4) is 0 Å². The maximum Gasteiger partial charge on any atom is 0.543 e. The van der Waals surface area contributed by atoms with E-state index in [4.69, 9.17) is 136 Å². The molecule has 0 aliphatic rings. The normalized spacial score (nSPS) is 11.6. The number of benzene rings is 3. The van der Waals surface area contributed by atoms with Crippen molar-refractivity contribution in [2.45, 2.75) is 0 Å². The summed E-state index contributed by atoms with van der Waals surface area (Å²) in [6, 6.07) is 7.40. The topological polar surface area (TPSA) is 133 Å². The fourth-order valence-corrected chi connectivity index (χ4v) is 5.42. The van der Waals surface area contributed by atoms with Gasteiger partial charge in [-0.1, -0.05) is 104 Å². The van der Waals surface area contributed by atoms with Crippen LogP contribution in [0.15, 0.2) is 36.4 Å². The van der Waals surface area contributed by atoms with Gasteiger partial charge in [-0.2, -0.15) is 15.5 Å². The Morgan fingerprint density at radius 2 is 0.658 bits per heavy atom. The molecular formula is C18H12Cl9N6O4P. The van der Waals surface area contributed by atoms with Gasteiger partial charge in [-0.15, -0.1) is 13.9 Å². The first-order chi connectivity index (χ1) is 17.6. The Bertz CT molecular complexity index is 1260. The molecule has 0 atom stereocenters. The van der Waals surface area contributed by atoms with Crippen molar-refractivity contribution in [1.29, 1.82) is 0 Å². The number of anilines is 3. The number of rotatable bonds is 9. The Labute approximate surface area is 260 Å². The smallest absolute Gasteiger partial charge is 0.222 e. The molecule has 0 saturated heterocycles. The summed E-state index contributed by atoms with van der Waals surface area (Å²) in [5, 5.41) is 1.51. The molecule has 0 aromatic heterocycles. The summed E-state index contributed by atoms with van der Waals surface area (Å²) in [5.74, 6) is 17.8. The molecule has 206 valence electrons. The second-order valence-electron chi connectivity index (χ2n) is 6.82. The minimum absolute atomic E-state index is 0.0351. The monoisotopic (exact) mass is 722 g/mol. The summed E-state index contributed by atoms with van der Waals surface area (Å²) in [4.78, 5) is 0. The predicted molar refractivity (Wildman–Crippen MR) is 155 cm³/mol. The lowest BCUT2D eigenvalue weighted by Gasteiger charge is -2.30. The van der Waals surface area contributed by atoms with Crippen molar-refractivity contribution >= 4 is 129 Å². The van der Waals surface area contributed by atoms with E-state index in [0.717, 1.165) is 0 Å². The van der Waals surface area contributed by atoms with Crippen LogP contribution >= 0.6 is 112 Å². The van der Waals surface area contributed by atoms with Crippen LogP contribution in [0.3, 0.4) is 0 Å². The van der Waals surface area contributed by atoms with Gasteiger partial charge < -0.3 is 0 Å². The van der Waals surface area contributed by atoms with Gasteiger partial charge in [0, 0.05) is 0 Å². The second-order valence-corrected chi connectivity index (χ2v) is 11.9. The first-order valence-electron chi connectivity index (χ1n) is 9.39. The molecule has 0 saturated carbocycles. The summed E-state index contributed by atoms with van der Waals surface area (Å²) < 4.78 is 29.6. The van der Waals surface area contributed by atoms with Crippen LogP contribution in [0.2, 0.25) is 45.2 Å². The fourth-order valence-electron chi connectivity index (χ4n) is 2.54. The van der Waals surface area contributed by atoms with Gasteiger partial charge in [0.05, 0.1) is 45.2 Å². The van der Waals surface area contributed by atoms with E-state index in [0.29, 0.717) is 15.5 Å². The van der Waals surface area contributed by atoms with Gasteiger partial charge in [-0.25, -0.2) is 22.1 Å². The number of phosphoric acid groups is 1. The van der Waals surface area contributed by atoms with Crippen molar-refractivity contribution in [2.75, 3.05) is 15.5 Å². The Balaban J connectivity index is 2.00. The Morgan fingerprint density at radius 1 is 0.447 bits per heavy atom. The van der Waals surface area contributed by atoms with Crippen molar-refractivity contribution in [1.82, 2.24) is 0 Å². The summed E-state index contributed by atoms with van der Waals surface area (Å²) >= 11 is 54.4. The third-order valence-corrected chi connectivity index (χ3v) is 8.45. The summed E-state index contributed by atoms with van der Waals surface area (Å²) in [7, 11) is -5.03. The molecule has 10 nitrogen and oxygen atoms in total. The lowest BCUT2D eigenvalue weighted by molar-refractivity contribution is 0.0861. The van der Waals surface area contributed by atoms with E-state index in [1.807, 2.05) is 0 Å². The zero-order valence-electron chi connectivity index (χ0n) is 18.0. The molecule has 0 heterocycles. The summed E-state index contributed by atoms with van der Waals surface area (Å²) in [6.07, 6.45) is 0. The van der Waals surface area contributed by atoms with Gasteiger partial charge in [0.25, 0.3) is 0 Å². The standard InChI is InChI=1S/C18H12Cl9N6O4P/c19-7-1-13(25)16(4-10(7)22)31(28)35-38(34,36-32(29)17-5-11(23)8(20)2-14(17)26)37-33(30)18-6-12(24)9(21)3-15(18)27/h1-6H,28-30H2. The van der Waals surface area contributed by atoms with Crippen molar-refractivity contribution < 1.29 is 18.4 Å². The highest BCUT2D eigenvalue weighted by molar-refractivity contribution is 7.48. The van der Waals surface area contributed by atoms with E-state index in [9.17, 15) is 4.57 Å². The minimum atomic E-state index is -5.03. The van der Waals surface area contributed by atoms with Crippen LogP contribution in [0.25, 0.3) is 0 Å². The van der Waals surface area contributed by atoms with Crippen LogP contribution in [-0.2, 0) is 18.4 Å². The highest BCUT2D eigenvalue weighted by atomic mass is 35.5. The Kier molecular flexibility index (Phi) is 11.1. The molecule has 0 radical (unpaired) electrons. The van der Waals surface area contributed by atoms with Gasteiger partial charge in [0.1, 0.15) is 17.1 Å². The molecule has 3 aromatic rings. The molecule has 0 aliphatic carbocycles. The van der Waals surface area contributed by atoms with E-state index in [2.05, 4.69) is 0 Å². The highest BCUT2D eigenvalue weighted by Crippen LogP contribution is 2.54. The third-order valence-electron chi connectivity index (χ3n) is 4.25. The molecular weight excluding hydrogens is 714 g/mol. The lowest BCUT2D eigenvalue weighted by atomic mass is 10.3. The van der Waals surface area contributed by atoms with E-state index in [1.165, 1.54) is 36.4 Å². The fraction of sp³-hybridized carbons (Fsp3) is 0. The van der Waals surface area contributed by atoms with Crippen LogP contribution in [0.1, 0.15) is 0 Å². The number of hydrogen-bond acceptors (Lipinski definition) is 10. The lowest BCUT2D eigenvalue weighted by Crippen LogP contribution is -2.38. The summed E-state index contributed by atoms with van der Waals surface area (Å²) in [5.41, 5.74) is -0.331. The molecule has 0 fully saturated rings.